The van der Waals surface area contributed by atoms with Crippen molar-refractivity contribution < 1.29 is 22.7 Å². The van der Waals surface area contributed by atoms with Gasteiger partial charge < -0.3 is 25.4 Å². The molecule has 37 heavy (non-hydrogen) atoms. The van der Waals surface area contributed by atoms with Gasteiger partial charge in [-0.25, -0.2) is 23.4 Å². The zero-order chi connectivity index (χ0) is 26.0. The number of rotatable bonds is 7. The summed E-state index contributed by atoms with van der Waals surface area (Å²) in [7, 11) is -1.35. The standard InChI is InChI=1S/C23H28N8O5S/c1-35-19-17(36-10-2-6-30-8-11-37(33,34)12-9-30)4-3-16-18(19)28-23(31-7-5-25-20(16)31)29-21(32)15-13-26-22(24)27-14-15/h3-4,13-14,25H,2,5-12H2,1H3,(H2,24,26,27). The minimum Gasteiger partial charge on any atom is -0.491 e. The maximum atomic E-state index is 12.8. The van der Waals surface area contributed by atoms with E-state index in [1.165, 1.54) is 12.4 Å². The van der Waals surface area contributed by atoms with Gasteiger partial charge in [-0.15, -0.1) is 0 Å². The lowest BCUT2D eigenvalue weighted by molar-refractivity contribution is 0.0996. The highest BCUT2D eigenvalue weighted by Crippen LogP contribution is 2.37. The van der Waals surface area contributed by atoms with Crippen LogP contribution in [0.5, 0.6) is 11.5 Å². The zero-order valence-electron chi connectivity index (χ0n) is 20.4. The molecule has 2 aromatic heterocycles. The first-order valence-corrected chi connectivity index (χ1v) is 13.7. The summed E-state index contributed by atoms with van der Waals surface area (Å²) in [5.74, 6) is 1.70. The number of nitrogens with zero attached hydrogens (tertiary/aromatic N) is 6. The summed E-state index contributed by atoms with van der Waals surface area (Å²) in [4.78, 5) is 31.5. The molecule has 2 aliphatic rings. The lowest BCUT2D eigenvalue weighted by Crippen LogP contribution is -2.40. The van der Waals surface area contributed by atoms with Crippen molar-refractivity contribution in [3.8, 4) is 11.5 Å². The first-order chi connectivity index (χ1) is 17.8. The molecular weight excluding hydrogens is 500 g/mol. The van der Waals surface area contributed by atoms with E-state index in [9.17, 15) is 13.2 Å². The van der Waals surface area contributed by atoms with Crippen LogP contribution in [0.3, 0.4) is 0 Å². The Morgan fingerprint density at radius 3 is 2.68 bits per heavy atom. The van der Waals surface area contributed by atoms with Gasteiger partial charge in [0.1, 0.15) is 11.3 Å². The predicted molar refractivity (Wildman–Crippen MR) is 136 cm³/mol. The molecule has 4 heterocycles. The van der Waals surface area contributed by atoms with Crippen LogP contribution in [0.4, 0.5) is 11.8 Å². The Morgan fingerprint density at radius 2 is 1.95 bits per heavy atom. The number of carbonyl (C=O) groups is 1. The SMILES string of the molecule is COc1c(OCCCN2CCS(=O)(=O)CC2)ccc2c3n(c(=NC(=O)c4cnc(N)nc4)nc12)CCN3. The molecule has 1 amide bonds. The Morgan fingerprint density at radius 1 is 1.19 bits per heavy atom. The van der Waals surface area contributed by atoms with Crippen LogP contribution in [0.25, 0.3) is 10.9 Å². The van der Waals surface area contributed by atoms with Crippen LogP contribution in [-0.2, 0) is 16.4 Å². The molecule has 13 nitrogen and oxygen atoms in total. The molecule has 14 heteroatoms. The summed E-state index contributed by atoms with van der Waals surface area (Å²) in [6.07, 6.45) is 3.39. The fourth-order valence-electron chi connectivity index (χ4n) is 4.39. The normalized spacial score (nSPS) is 17.4. The molecule has 0 radical (unpaired) electrons. The van der Waals surface area contributed by atoms with E-state index in [-0.39, 0.29) is 28.6 Å². The number of benzene rings is 1. The van der Waals surface area contributed by atoms with Crippen molar-refractivity contribution in [3.63, 3.8) is 0 Å². The zero-order valence-corrected chi connectivity index (χ0v) is 21.2. The maximum Gasteiger partial charge on any atom is 0.283 e. The Balaban J connectivity index is 1.39. The quantitative estimate of drug-likeness (QED) is 0.399. The Kier molecular flexibility index (Phi) is 6.93. The molecule has 0 unspecified atom stereocenters. The van der Waals surface area contributed by atoms with Crippen LogP contribution < -0.4 is 26.1 Å². The summed E-state index contributed by atoms with van der Waals surface area (Å²) >= 11 is 0. The van der Waals surface area contributed by atoms with Crippen molar-refractivity contribution in [2.45, 2.75) is 13.0 Å². The third-order valence-corrected chi connectivity index (χ3v) is 7.95. The summed E-state index contributed by atoms with van der Waals surface area (Å²) in [6.45, 7) is 3.54. The largest absolute Gasteiger partial charge is 0.491 e. The van der Waals surface area contributed by atoms with Crippen molar-refractivity contribution in [1.29, 1.82) is 0 Å². The van der Waals surface area contributed by atoms with Gasteiger partial charge in [0.25, 0.3) is 5.91 Å². The highest BCUT2D eigenvalue weighted by molar-refractivity contribution is 7.91. The number of aromatic nitrogens is 4. The number of nitrogen functional groups attached to an aromatic ring is 1. The number of amides is 1. The molecule has 3 N–H and O–H groups in total. The highest BCUT2D eigenvalue weighted by Gasteiger charge is 2.22. The number of hydrogen-bond acceptors (Lipinski definition) is 11. The molecule has 0 aliphatic carbocycles. The fourth-order valence-corrected chi connectivity index (χ4v) is 5.67. The number of anilines is 2. The van der Waals surface area contributed by atoms with E-state index in [0.717, 1.165) is 24.2 Å². The smallest absolute Gasteiger partial charge is 0.283 e. The molecule has 0 atom stereocenters. The second-order valence-corrected chi connectivity index (χ2v) is 11.1. The topological polar surface area (TPSA) is 167 Å². The summed E-state index contributed by atoms with van der Waals surface area (Å²) < 4.78 is 36.8. The van der Waals surface area contributed by atoms with Crippen molar-refractivity contribution >= 4 is 38.4 Å². The van der Waals surface area contributed by atoms with E-state index in [0.29, 0.717) is 49.8 Å². The van der Waals surface area contributed by atoms with Gasteiger partial charge in [-0.3, -0.25) is 9.36 Å². The Hall–Kier alpha value is -3.78. The molecule has 5 rings (SSSR count). The molecule has 1 saturated heterocycles. The summed E-state index contributed by atoms with van der Waals surface area (Å²) in [5, 5.41) is 4.15. The van der Waals surface area contributed by atoms with Crippen molar-refractivity contribution in [3.05, 3.63) is 35.7 Å². The number of sulfone groups is 1. The average Bonchev–Trinajstić information content (AvgIpc) is 3.38. The van der Waals surface area contributed by atoms with Crippen LogP contribution in [-0.4, -0.2) is 90.1 Å². The van der Waals surface area contributed by atoms with Gasteiger partial charge in [0.2, 0.25) is 11.6 Å². The minimum atomic E-state index is -2.90. The lowest BCUT2D eigenvalue weighted by atomic mass is 10.2. The molecular formula is C23H28N8O5S. The van der Waals surface area contributed by atoms with Gasteiger partial charge in [0.15, 0.2) is 21.3 Å². The number of nitrogens with one attached hydrogen (secondary N) is 1. The van der Waals surface area contributed by atoms with Crippen molar-refractivity contribution in [1.82, 2.24) is 24.4 Å². The van der Waals surface area contributed by atoms with Gasteiger partial charge in [-0.05, 0) is 18.6 Å². The van der Waals surface area contributed by atoms with Gasteiger partial charge in [0.05, 0.1) is 30.8 Å². The van der Waals surface area contributed by atoms with Gasteiger partial charge in [-0.1, -0.05) is 0 Å². The Bertz CT molecular complexity index is 1490. The number of methoxy groups -OCH3 is 1. The molecule has 0 bridgehead atoms. The van der Waals surface area contributed by atoms with Crippen LogP contribution in [0, 0.1) is 0 Å². The lowest BCUT2D eigenvalue weighted by Gasteiger charge is -2.26. The van der Waals surface area contributed by atoms with Crippen LogP contribution >= 0.6 is 0 Å². The molecule has 0 spiro atoms. The molecule has 2 aliphatic heterocycles. The number of hydrogen-bond donors (Lipinski definition) is 2. The van der Waals surface area contributed by atoms with E-state index in [2.05, 4.69) is 30.2 Å². The molecule has 0 saturated carbocycles. The number of nitrogens with two attached hydrogens (primary N) is 1. The second-order valence-electron chi connectivity index (χ2n) is 8.77. The van der Waals surface area contributed by atoms with E-state index >= 15 is 0 Å². The number of fused-ring (bicyclic) bond motifs is 3. The molecule has 1 fully saturated rings. The summed E-state index contributed by atoms with van der Waals surface area (Å²) in [6, 6.07) is 3.74. The molecule has 196 valence electrons. The third kappa shape index (κ3) is 5.34. The van der Waals surface area contributed by atoms with E-state index in [1.54, 1.807) is 7.11 Å². The average molecular weight is 529 g/mol. The van der Waals surface area contributed by atoms with Crippen LogP contribution in [0.2, 0.25) is 0 Å². The number of ether oxygens (including phenoxy) is 2. The minimum absolute atomic E-state index is 0.0704. The first-order valence-electron chi connectivity index (χ1n) is 11.9. The van der Waals surface area contributed by atoms with Gasteiger partial charge in [0, 0.05) is 50.5 Å². The van der Waals surface area contributed by atoms with Crippen molar-refractivity contribution in [2.75, 3.05) is 62.5 Å². The third-order valence-electron chi connectivity index (χ3n) is 6.34. The monoisotopic (exact) mass is 528 g/mol. The predicted octanol–water partition coefficient (Wildman–Crippen LogP) is 0.0830. The second kappa shape index (κ2) is 10.3. The fraction of sp³-hybridized carbons (Fsp3) is 0.435. The van der Waals surface area contributed by atoms with Gasteiger partial charge >= 0.3 is 0 Å². The van der Waals surface area contributed by atoms with E-state index < -0.39 is 15.7 Å². The van der Waals surface area contributed by atoms with E-state index in [4.69, 9.17) is 15.2 Å². The Labute approximate surface area is 213 Å². The maximum absolute atomic E-state index is 12.8. The van der Waals surface area contributed by atoms with Gasteiger partial charge in [-0.2, -0.15) is 4.99 Å². The molecule has 1 aromatic carbocycles. The molecule has 3 aromatic rings. The van der Waals surface area contributed by atoms with E-state index in [1.807, 2.05) is 16.7 Å². The van der Waals surface area contributed by atoms with Crippen molar-refractivity contribution in [2.24, 2.45) is 4.99 Å². The highest BCUT2D eigenvalue weighted by atomic mass is 32.2. The van der Waals surface area contributed by atoms with Crippen LogP contribution in [0.15, 0.2) is 29.5 Å². The summed E-state index contributed by atoms with van der Waals surface area (Å²) in [5.41, 5.74) is 6.46. The number of carbonyl (C=O) groups excluding carboxylic acids is 1. The first kappa shape index (κ1) is 24.9. The van der Waals surface area contributed by atoms with Crippen LogP contribution in [0.1, 0.15) is 16.8 Å².